The van der Waals surface area contributed by atoms with Crippen LogP contribution in [0.25, 0.3) is 11.3 Å². The van der Waals surface area contributed by atoms with Gasteiger partial charge in [0.15, 0.2) is 11.6 Å². The standard InChI is InChI=1S/C17H27N7O2/c1-2-4-9-24(8-3-1)17-16(19-14-15(20-17)22-26-21-14)18-6-5-7-23-10-12-25-13-11-23/h1-13H2,(H,18,19,21). The molecule has 0 unspecified atom stereocenters. The van der Waals surface area contributed by atoms with Crippen LogP contribution in [0.2, 0.25) is 0 Å². The summed E-state index contributed by atoms with van der Waals surface area (Å²) in [5.74, 6) is 1.67. The Kier molecular flexibility index (Phi) is 5.75. The third-order valence-electron chi connectivity index (χ3n) is 5.05. The summed E-state index contributed by atoms with van der Waals surface area (Å²) in [6.45, 7) is 7.66. The normalized spacial score (nSPS) is 19.6. The Balaban J connectivity index is 1.42. The zero-order chi connectivity index (χ0) is 17.6. The fraction of sp³-hybridized carbons (Fsp3) is 0.765. The molecule has 9 nitrogen and oxygen atoms in total. The molecule has 0 aromatic carbocycles. The second kappa shape index (κ2) is 8.59. The van der Waals surface area contributed by atoms with Crippen molar-refractivity contribution in [1.82, 2.24) is 25.2 Å². The first-order chi connectivity index (χ1) is 12.9. The van der Waals surface area contributed by atoms with Gasteiger partial charge in [0.1, 0.15) is 0 Å². The second-order valence-electron chi connectivity index (χ2n) is 6.94. The first kappa shape index (κ1) is 17.4. The minimum atomic E-state index is 0.458. The molecule has 2 aromatic heterocycles. The molecule has 4 heterocycles. The number of rotatable bonds is 6. The lowest BCUT2D eigenvalue weighted by Crippen LogP contribution is -2.37. The van der Waals surface area contributed by atoms with E-state index in [1.165, 1.54) is 25.7 Å². The van der Waals surface area contributed by atoms with Crippen LogP contribution in [-0.4, -0.2) is 77.7 Å². The van der Waals surface area contributed by atoms with E-state index in [0.717, 1.165) is 70.5 Å². The van der Waals surface area contributed by atoms with Gasteiger partial charge in [-0.25, -0.2) is 14.6 Å². The Morgan fingerprint density at radius 3 is 2.38 bits per heavy atom. The maximum atomic E-state index is 5.40. The predicted molar refractivity (Wildman–Crippen MR) is 98.4 cm³/mol. The van der Waals surface area contributed by atoms with Crippen molar-refractivity contribution >= 4 is 22.9 Å². The lowest BCUT2D eigenvalue weighted by molar-refractivity contribution is 0.0378. The zero-order valence-corrected chi connectivity index (χ0v) is 15.2. The number of nitrogens with one attached hydrogen (secondary N) is 1. The zero-order valence-electron chi connectivity index (χ0n) is 15.2. The van der Waals surface area contributed by atoms with E-state index in [2.05, 4.69) is 35.4 Å². The summed E-state index contributed by atoms with van der Waals surface area (Å²) < 4.78 is 10.2. The first-order valence-corrected chi connectivity index (χ1v) is 9.69. The van der Waals surface area contributed by atoms with E-state index in [1.807, 2.05) is 0 Å². The van der Waals surface area contributed by atoms with Gasteiger partial charge in [0.05, 0.1) is 13.2 Å². The van der Waals surface area contributed by atoms with Gasteiger partial charge in [-0.05, 0) is 36.1 Å². The number of nitrogens with zero attached hydrogens (tertiary/aromatic N) is 6. The highest BCUT2D eigenvalue weighted by atomic mass is 16.6. The predicted octanol–water partition coefficient (Wildman–Crippen LogP) is 1.53. The van der Waals surface area contributed by atoms with Crippen LogP contribution in [-0.2, 0) is 4.74 Å². The smallest absolute Gasteiger partial charge is 0.245 e. The molecule has 0 bridgehead atoms. The number of morpholine rings is 1. The first-order valence-electron chi connectivity index (χ1n) is 9.69. The Labute approximate surface area is 153 Å². The molecule has 2 fully saturated rings. The molecule has 0 aliphatic carbocycles. The van der Waals surface area contributed by atoms with E-state index >= 15 is 0 Å². The van der Waals surface area contributed by atoms with Gasteiger partial charge in [-0.2, -0.15) is 0 Å². The molecule has 2 saturated heterocycles. The fourth-order valence-corrected chi connectivity index (χ4v) is 3.59. The van der Waals surface area contributed by atoms with E-state index in [-0.39, 0.29) is 0 Å². The van der Waals surface area contributed by atoms with Crippen LogP contribution in [0.5, 0.6) is 0 Å². The molecule has 9 heteroatoms. The van der Waals surface area contributed by atoms with Gasteiger partial charge >= 0.3 is 0 Å². The highest BCUT2D eigenvalue weighted by Crippen LogP contribution is 2.26. The highest BCUT2D eigenvalue weighted by molar-refractivity contribution is 5.74. The van der Waals surface area contributed by atoms with Crippen LogP contribution in [0.1, 0.15) is 32.1 Å². The van der Waals surface area contributed by atoms with Gasteiger partial charge in [0.25, 0.3) is 0 Å². The van der Waals surface area contributed by atoms with E-state index in [1.54, 1.807) is 0 Å². The Bertz CT molecular complexity index is 693. The molecule has 0 atom stereocenters. The van der Waals surface area contributed by atoms with Crippen molar-refractivity contribution in [2.24, 2.45) is 0 Å². The number of anilines is 2. The van der Waals surface area contributed by atoms with Gasteiger partial charge in [0, 0.05) is 32.7 Å². The summed E-state index contributed by atoms with van der Waals surface area (Å²) >= 11 is 0. The summed E-state index contributed by atoms with van der Waals surface area (Å²) in [5.41, 5.74) is 0.933. The minimum absolute atomic E-state index is 0.458. The van der Waals surface area contributed by atoms with Crippen molar-refractivity contribution in [3.63, 3.8) is 0 Å². The molecule has 2 aromatic rings. The van der Waals surface area contributed by atoms with E-state index in [0.29, 0.717) is 11.3 Å². The van der Waals surface area contributed by atoms with Crippen molar-refractivity contribution in [1.29, 1.82) is 0 Å². The average Bonchev–Trinajstić information content (AvgIpc) is 2.96. The monoisotopic (exact) mass is 361 g/mol. The molecule has 0 radical (unpaired) electrons. The highest BCUT2D eigenvalue weighted by Gasteiger charge is 2.19. The van der Waals surface area contributed by atoms with Crippen LogP contribution < -0.4 is 10.2 Å². The van der Waals surface area contributed by atoms with Crippen molar-refractivity contribution in [3.05, 3.63) is 0 Å². The van der Waals surface area contributed by atoms with E-state index in [9.17, 15) is 0 Å². The van der Waals surface area contributed by atoms with Crippen LogP contribution in [0.3, 0.4) is 0 Å². The van der Waals surface area contributed by atoms with Gasteiger partial charge in [-0.15, -0.1) is 0 Å². The average molecular weight is 361 g/mol. The lowest BCUT2D eigenvalue weighted by atomic mass is 10.2. The number of ether oxygens (including phenoxy) is 1. The number of aromatic nitrogens is 4. The maximum Gasteiger partial charge on any atom is 0.245 e. The molecule has 2 aliphatic rings. The van der Waals surface area contributed by atoms with Crippen LogP contribution in [0, 0.1) is 0 Å². The SMILES string of the molecule is C1CCCN(c2nc3nonc3nc2NCCCN2CCOCC2)CC1. The maximum absolute atomic E-state index is 5.40. The summed E-state index contributed by atoms with van der Waals surface area (Å²) in [5, 5.41) is 11.2. The molecular weight excluding hydrogens is 334 g/mol. The molecule has 2 aliphatic heterocycles. The molecule has 0 spiro atoms. The number of hydrogen-bond donors (Lipinski definition) is 1. The van der Waals surface area contributed by atoms with Crippen molar-refractivity contribution in [2.45, 2.75) is 32.1 Å². The Hall–Kier alpha value is -2.00. The van der Waals surface area contributed by atoms with Gasteiger partial charge in [0.2, 0.25) is 11.3 Å². The van der Waals surface area contributed by atoms with Crippen LogP contribution in [0.15, 0.2) is 4.63 Å². The van der Waals surface area contributed by atoms with Crippen LogP contribution >= 0.6 is 0 Å². The molecule has 1 N–H and O–H groups in total. The van der Waals surface area contributed by atoms with Crippen molar-refractivity contribution in [3.8, 4) is 0 Å². The van der Waals surface area contributed by atoms with Gasteiger partial charge in [-0.3, -0.25) is 4.90 Å². The molecule has 4 rings (SSSR count). The third-order valence-corrected chi connectivity index (χ3v) is 5.05. The summed E-state index contributed by atoms with van der Waals surface area (Å²) in [7, 11) is 0. The molecule has 0 amide bonds. The van der Waals surface area contributed by atoms with Crippen molar-refractivity contribution in [2.75, 3.05) is 62.7 Å². The Morgan fingerprint density at radius 2 is 1.62 bits per heavy atom. The second-order valence-corrected chi connectivity index (χ2v) is 6.94. The summed E-state index contributed by atoms with van der Waals surface area (Å²) in [6.07, 6.45) is 5.98. The molecule has 142 valence electrons. The summed E-state index contributed by atoms with van der Waals surface area (Å²) in [6, 6.07) is 0. The largest absolute Gasteiger partial charge is 0.379 e. The van der Waals surface area contributed by atoms with E-state index < -0.39 is 0 Å². The van der Waals surface area contributed by atoms with Crippen molar-refractivity contribution < 1.29 is 9.37 Å². The number of fused-ring (bicyclic) bond motifs is 1. The Morgan fingerprint density at radius 1 is 0.885 bits per heavy atom. The fourth-order valence-electron chi connectivity index (χ4n) is 3.59. The van der Waals surface area contributed by atoms with Gasteiger partial charge in [-0.1, -0.05) is 12.8 Å². The quantitative estimate of drug-likeness (QED) is 0.769. The van der Waals surface area contributed by atoms with Gasteiger partial charge < -0.3 is 15.0 Å². The minimum Gasteiger partial charge on any atom is -0.379 e. The van der Waals surface area contributed by atoms with E-state index in [4.69, 9.17) is 9.37 Å². The van der Waals surface area contributed by atoms with Crippen LogP contribution in [0.4, 0.5) is 11.6 Å². The molecule has 0 saturated carbocycles. The molecular formula is C17H27N7O2. The molecule has 26 heavy (non-hydrogen) atoms. The topological polar surface area (TPSA) is 92.4 Å². The third kappa shape index (κ3) is 4.21. The number of hydrogen-bond acceptors (Lipinski definition) is 9. The lowest BCUT2D eigenvalue weighted by Gasteiger charge is -2.26. The summed E-state index contributed by atoms with van der Waals surface area (Å²) in [4.78, 5) is 14.0.